The Hall–Kier alpha value is -1.51. The molecular formula is C17H20ClNO. The number of aryl methyl sites for hydroxylation is 2. The number of rotatable bonds is 5. The van der Waals surface area contributed by atoms with E-state index in [9.17, 15) is 0 Å². The molecule has 2 aromatic rings. The van der Waals surface area contributed by atoms with Crippen LogP contribution in [0.15, 0.2) is 36.4 Å². The molecule has 0 amide bonds. The van der Waals surface area contributed by atoms with Crippen LogP contribution in [0.2, 0.25) is 5.02 Å². The Morgan fingerprint density at radius 2 is 1.65 bits per heavy atom. The van der Waals surface area contributed by atoms with Gasteiger partial charge in [0, 0.05) is 11.6 Å². The normalized spacial score (nSPS) is 10.6. The maximum absolute atomic E-state index is 6.03. The monoisotopic (exact) mass is 289 g/mol. The number of halogens is 1. The largest absolute Gasteiger partial charge is 0.457 e. The Morgan fingerprint density at radius 1 is 1.05 bits per heavy atom. The molecule has 0 spiro atoms. The lowest BCUT2D eigenvalue weighted by Gasteiger charge is -2.12. The van der Waals surface area contributed by atoms with E-state index in [4.69, 9.17) is 16.3 Å². The van der Waals surface area contributed by atoms with Crippen molar-refractivity contribution in [1.82, 2.24) is 5.32 Å². The molecule has 0 aromatic heterocycles. The van der Waals surface area contributed by atoms with E-state index in [1.165, 1.54) is 5.56 Å². The van der Waals surface area contributed by atoms with Crippen molar-refractivity contribution < 1.29 is 4.74 Å². The van der Waals surface area contributed by atoms with Gasteiger partial charge in [0.15, 0.2) is 0 Å². The van der Waals surface area contributed by atoms with E-state index in [1.807, 2.05) is 38.1 Å². The van der Waals surface area contributed by atoms with Crippen molar-refractivity contribution in [3.63, 3.8) is 0 Å². The summed E-state index contributed by atoms with van der Waals surface area (Å²) in [5, 5.41) is 4.05. The number of benzene rings is 2. The van der Waals surface area contributed by atoms with Crippen molar-refractivity contribution in [3.05, 3.63) is 58.1 Å². The van der Waals surface area contributed by atoms with Gasteiger partial charge in [-0.05, 0) is 61.3 Å². The van der Waals surface area contributed by atoms with Crippen LogP contribution < -0.4 is 10.1 Å². The van der Waals surface area contributed by atoms with Crippen LogP contribution in [0, 0.1) is 13.8 Å². The smallest absolute Gasteiger partial charge is 0.133 e. The molecule has 0 heterocycles. The Balaban J connectivity index is 2.14. The van der Waals surface area contributed by atoms with Gasteiger partial charge >= 0.3 is 0 Å². The SMILES string of the molecule is CCNCc1ccc(Oc2c(C)cc(Cl)cc2C)cc1. The van der Waals surface area contributed by atoms with Gasteiger partial charge in [0.25, 0.3) is 0 Å². The molecule has 0 aliphatic rings. The predicted molar refractivity (Wildman–Crippen MR) is 84.8 cm³/mol. The van der Waals surface area contributed by atoms with Crippen molar-refractivity contribution in [1.29, 1.82) is 0 Å². The summed E-state index contributed by atoms with van der Waals surface area (Å²) in [6.07, 6.45) is 0. The van der Waals surface area contributed by atoms with Gasteiger partial charge in [0.1, 0.15) is 11.5 Å². The van der Waals surface area contributed by atoms with Crippen LogP contribution in [0.1, 0.15) is 23.6 Å². The molecule has 2 rings (SSSR count). The molecule has 20 heavy (non-hydrogen) atoms. The van der Waals surface area contributed by atoms with Gasteiger partial charge in [-0.15, -0.1) is 0 Å². The minimum absolute atomic E-state index is 0.744. The second kappa shape index (κ2) is 6.78. The van der Waals surface area contributed by atoms with E-state index in [2.05, 4.69) is 24.4 Å². The summed E-state index contributed by atoms with van der Waals surface area (Å²) in [6, 6.07) is 12.0. The lowest BCUT2D eigenvalue weighted by atomic mass is 10.1. The highest BCUT2D eigenvalue weighted by Crippen LogP contribution is 2.31. The molecule has 0 aliphatic heterocycles. The zero-order valence-corrected chi connectivity index (χ0v) is 12.9. The van der Waals surface area contributed by atoms with E-state index < -0.39 is 0 Å². The summed E-state index contributed by atoms with van der Waals surface area (Å²) in [5.74, 6) is 1.73. The summed E-state index contributed by atoms with van der Waals surface area (Å²) >= 11 is 6.03. The topological polar surface area (TPSA) is 21.3 Å². The second-order valence-electron chi connectivity index (χ2n) is 4.90. The van der Waals surface area contributed by atoms with Crippen LogP contribution in [0.25, 0.3) is 0 Å². The average molecular weight is 290 g/mol. The molecule has 1 N–H and O–H groups in total. The third kappa shape index (κ3) is 3.75. The summed E-state index contributed by atoms with van der Waals surface area (Å²) in [7, 11) is 0. The summed E-state index contributed by atoms with van der Waals surface area (Å²) < 4.78 is 5.98. The van der Waals surface area contributed by atoms with E-state index in [1.54, 1.807) is 0 Å². The zero-order valence-electron chi connectivity index (χ0n) is 12.2. The first kappa shape index (κ1) is 14.9. The molecule has 0 radical (unpaired) electrons. The van der Waals surface area contributed by atoms with E-state index in [0.717, 1.165) is 40.7 Å². The minimum atomic E-state index is 0.744. The summed E-state index contributed by atoms with van der Waals surface area (Å²) in [5.41, 5.74) is 3.35. The van der Waals surface area contributed by atoms with Crippen LogP contribution in [0.5, 0.6) is 11.5 Å². The second-order valence-corrected chi connectivity index (χ2v) is 5.33. The molecular weight excluding hydrogens is 270 g/mol. The highest BCUT2D eigenvalue weighted by Gasteiger charge is 2.07. The first-order valence-corrected chi connectivity index (χ1v) is 7.22. The van der Waals surface area contributed by atoms with Gasteiger partial charge in [-0.3, -0.25) is 0 Å². The van der Waals surface area contributed by atoms with Crippen molar-refractivity contribution in [3.8, 4) is 11.5 Å². The van der Waals surface area contributed by atoms with Crippen LogP contribution in [-0.2, 0) is 6.54 Å². The molecule has 0 aliphatic carbocycles. The number of hydrogen-bond donors (Lipinski definition) is 1. The highest BCUT2D eigenvalue weighted by atomic mass is 35.5. The number of ether oxygens (including phenoxy) is 1. The molecule has 2 nitrogen and oxygen atoms in total. The fourth-order valence-corrected chi connectivity index (χ4v) is 2.45. The Kier molecular flexibility index (Phi) is 5.05. The lowest BCUT2D eigenvalue weighted by Crippen LogP contribution is -2.11. The Labute approximate surface area is 125 Å². The Morgan fingerprint density at radius 3 is 2.20 bits per heavy atom. The highest BCUT2D eigenvalue weighted by molar-refractivity contribution is 6.30. The predicted octanol–water partition coefficient (Wildman–Crippen LogP) is 4.86. The standard InChI is InChI=1S/C17H20ClNO/c1-4-19-11-14-5-7-16(8-6-14)20-17-12(2)9-15(18)10-13(17)3/h5-10,19H,4,11H2,1-3H3. The molecule has 0 unspecified atom stereocenters. The molecule has 0 atom stereocenters. The maximum Gasteiger partial charge on any atom is 0.133 e. The van der Waals surface area contributed by atoms with Crippen LogP contribution >= 0.6 is 11.6 Å². The van der Waals surface area contributed by atoms with E-state index in [-0.39, 0.29) is 0 Å². The van der Waals surface area contributed by atoms with Crippen molar-refractivity contribution >= 4 is 11.6 Å². The van der Waals surface area contributed by atoms with Crippen LogP contribution in [0.3, 0.4) is 0 Å². The minimum Gasteiger partial charge on any atom is -0.457 e. The zero-order chi connectivity index (χ0) is 14.5. The van der Waals surface area contributed by atoms with Gasteiger partial charge < -0.3 is 10.1 Å². The van der Waals surface area contributed by atoms with Gasteiger partial charge in [-0.2, -0.15) is 0 Å². The molecule has 0 saturated heterocycles. The van der Waals surface area contributed by atoms with Crippen molar-refractivity contribution in [2.75, 3.05) is 6.54 Å². The quantitative estimate of drug-likeness (QED) is 0.849. The fourth-order valence-electron chi connectivity index (χ4n) is 2.12. The van der Waals surface area contributed by atoms with Crippen LogP contribution in [-0.4, -0.2) is 6.54 Å². The maximum atomic E-state index is 6.03. The van der Waals surface area contributed by atoms with Crippen LogP contribution in [0.4, 0.5) is 0 Å². The molecule has 0 saturated carbocycles. The Bertz CT molecular complexity index is 555. The van der Waals surface area contributed by atoms with E-state index >= 15 is 0 Å². The van der Waals surface area contributed by atoms with Crippen molar-refractivity contribution in [2.45, 2.75) is 27.3 Å². The molecule has 0 fully saturated rings. The first-order chi connectivity index (χ1) is 9.60. The van der Waals surface area contributed by atoms with Crippen molar-refractivity contribution in [2.24, 2.45) is 0 Å². The first-order valence-electron chi connectivity index (χ1n) is 6.84. The third-order valence-corrected chi connectivity index (χ3v) is 3.37. The average Bonchev–Trinajstić information content (AvgIpc) is 2.42. The molecule has 106 valence electrons. The lowest BCUT2D eigenvalue weighted by molar-refractivity contribution is 0.475. The molecule has 2 aromatic carbocycles. The third-order valence-electron chi connectivity index (χ3n) is 3.15. The van der Waals surface area contributed by atoms with Gasteiger partial charge in [0.05, 0.1) is 0 Å². The van der Waals surface area contributed by atoms with Gasteiger partial charge in [-0.1, -0.05) is 30.7 Å². The number of nitrogens with one attached hydrogen (secondary N) is 1. The summed E-state index contributed by atoms with van der Waals surface area (Å²) in [4.78, 5) is 0. The van der Waals surface area contributed by atoms with Gasteiger partial charge in [-0.25, -0.2) is 0 Å². The number of hydrogen-bond acceptors (Lipinski definition) is 2. The van der Waals surface area contributed by atoms with E-state index in [0.29, 0.717) is 0 Å². The molecule has 0 bridgehead atoms. The summed E-state index contributed by atoms with van der Waals surface area (Å²) in [6.45, 7) is 7.97. The van der Waals surface area contributed by atoms with Gasteiger partial charge in [0.2, 0.25) is 0 Å². The molecule has 3 heteroatoms. The fraction of sp³-hybridized carbons (Fsp3) is 0.294.